The van der Waals surface area contributed by atoms with Gasteiger partial charge in [-0.1, -0.05) is 24.3 Å². The molecule has 0 aliphatic rings. The predicted octanol–water partition coefficient (Wildman–Crippen LogP) is 3.46. The highest BCUT2D eigenvalue weighted by atomic mass is 16.5. The fraction of sp³-hybridized carbons (Fsp3) is 0.250. The molecule has 0 saturated carbocycles. The van der Waals surface area contributed by atoms with Gasteiger partial charge in [0.2, 0.25) is 5.95 Å². The minimum Gasteiger partial charge on any atom is -0.496 e. The maximum atomic E-state index is 5.39. The Bertz CT molecular complexity index is 839. The number of methoxy groups -OCH3 is 1. The first-order valence-electron chi connectivity index (χ1n) is 8.60. The van der Waals surface area contributed by atoms with E-state index in [1.807, 2.05) is 49.4 Å². The van der Waals surface area contributed by atoms with Crippen molar-refractivity contribution in [3.63, 3.8) is 0 Å². The zero-order valence-electron chi connectivity index (χ0n) is 15.1. The van der Waals surface area contributed by atoms with Gasteiger partial charge in [-0.05, 0) is 37.1 Å². The average molecular weight is 349 g/mol. The topological polar surface area (TPSA) is 72.0 Å². The standard InChI is InChI=1S/C20H23N5O/c1-15-13-19(22-12-10-16-7-3-4-9-18(16)26-2)25-20(24-15)23-14-17-8-5-6-11-21-17/h3-9,11,13H,10,12,14H2,1-2H3,(H2,22,23,24,25). The first-order chi connectivity index (χ1) is 12.7. The van der Waals surface area contributed by atoms with Gasteiger partial charge in [-0.15, -0.1) is 0 Å². The van der Waals surface area contributed by atoms with Gasteiger partial charge in [-0.3, -0.25) is 4.98 Å². The van der Waals surface area contributed by atoms with Gasteiger partial charge in [0.25, 0.3) is 0 Å². The summed E-state index contributed by atoms with van der Waals surface area (Å²) in [4.78, 5) is 13.3. The molecule has 2 heterocycles. The molecule has 0 fully saturated rings. The van der Waals surface area contributed by atoms with Crippen LogP contribution in [0.1, 0.15) is 17.0 Å². The SMILES string of the molecule is COc1ccccc1CCNc1cc(C)nc(NCc2ccccn2)n1. The van der Waals surface area contributed by atoms with Gasteiger partial charge in [0.15, 0.2) is 0 Å². The number of aromatic nitrogens is 3. The third kappa shape index (κ3) is 4.92. The van der Waals surface area contributed by atoms with Crippen LogP contribution in [0.3, 0.4) is 0 Å². The Labute approximate surface area is 153 Å². The van der Waals surface area contributed by atoms with Crippen molar-refractivity contribution in [2.24, 2.45) is 0 Å². The van der Waals surface area contributed by atoms with Gasteiger partial charge >= 0.3 is 0 Å². The summed E-state index contributed by atoms with van der Waals surface area (Å²) in [7, 11) is 1.69. The molecule has 0 saturated heterocycles. The first-order valence-corrected chi connectivity index (χ1v) is 8.60. The lowest BCUT2D eigenvalue weighted by Gasteiger charge is -2.11. The Kier molecular flexibility index (Phi) is 5.98. The normalized spacial score (nSPS) is 10.4. The summed E-state index contributed by atoms with van der Waals surface area (Å²) in [5.74, 6) is 2.30. The molecule has 26 heavy (non-hydrogen) atoms. The lowest BCUT2D eigenvalue weighted by molar-refractivity contribution is 0.410. The summed E-state index contributed by atoms with van der Waals surface area (Å²) in [5, 5.41) is 6.59. The van der Waals surface area contributed by atoms with Gasteiger partial charge in [0.05, 0.1) is 19.3 Å². The van der Waals surface area contributed by atoms with E-state index in [9.17, 15) is 0 Å². The van der Waals surface area contributed by atoms with Gasteiger partial charge in [0.1, 0.15) is 11.6 Å². The Morgan fingerprint density at radius 1 is 1.00 bits per heavy atom. The highest BCUT2D eigenvalue weighted by Gasteiger charge is 2.04. The summed E-state index contributed by atoms with van der Waals surface area (Å²) in [6, 6.07) is 15.8. The number of anilines is 2. The number of hydrogen-bond donors (Lipinski definition) is 2. The van der Waals surface area contributed by atoms with Crippen molar-refractivity contribution in [3.05, 3.63) is 71.7 Å². The van der Waals surface area contributed by atoms with E-state index >= 15 is 0 Å². The number of nitrogens with zero attached hydrogens (tertiary/aromatic N) is 3. The average Bonchev–Trinajstić information content (AvgIpc) is 2.67. The van der Waals surface area contributed by atoms with Gasteiger partial charge in [-0.2, -0.15) is 4.98 Å². The van der Waals surface area contributed by atoms with Crippen LogP contribution in [0.4, 0.5) is 11.8 Å². The van der Waals surface area contributed by atoms with Crippen LogP contribution in [0.5, 0.6) is 5.75 Å². The van der Waals surface area contributed by atoms with E-state index in [1.165, 1.54) is 5.56 Å². The van der Waals surface area contributed by atoms with E-state index in [1.54, 1.807) is 13.3 Å². The smallest absolute Gasteiger partial charge is 0.225 e. The summed E-state index contributed by atoms with van der Waals surface area (Å²) in [5.41, 5.74) is 3.02. The Hall–Kier alpha value is -3.15. The molecule has 0 amide bonds. The molecule has 2 N–H and O–H groups in total. The summed E-state index contributed by atoms with van der Waals surface area (Å²) < 4.78 is 5.39. The van der Waals surface area contributed by atoms with E-state index in [2.05, 4.69) is 31.7 Å². The van der Waals surface area contributed by atoms with Crippen LogP contribution in [0.25, 0.3) is 0 Å². The molecule has 3 rings (SSSR count). The van der Waals surface area contributed by atoms with Crippen molar-refractivity contribution in [1.29, 1.82) is 0 Å². The number of aryl methyl sites for hydroxylation is 1. The number of rotatable bonds is 8. The lowest BCUT2D eigenvalue weighted by Crippen LogP contribution is -2.10. The molecule has 0 radical (unpaired) electrons. The van der Waals surface area contributed by atoms with Crippen LogP contribution in [-0.4, -0.2) is 28.6 Å². The molecular formula is C20H23N5O. The second kappa shape index (κ2) is 8.80. The third-order valence-electron chi connectivity index (χ3n) is 3.90. The van der Waals surface area contributed by atoms with Crippen molar-refractivity contribution >= 4 is 11.8 Å². The van der Waals surface area contributed by atoms with Crippen molar-refractivity contribution in [3.8, 4) is 5.75 Å². The monoisotopic (exact) mass is 349 g/mol. The van der Waals surface area contributed by atoms with Crippen molar-refractivity contribution < 1.29 is 4.74 Å². The summed E-state index contributed by atoms with van der Waals surface area (Å²) >= 11 is 0. The van der Waals surface area contributed by atoms with Crippen molar-refractivity contribution in [1.82, 2.24) is 15.0 Å². The van der Waals surface area contributed by atoms with Crippen LogP contribution in [0.15, 0.2) is 54.7 Å². The fourth-order valence-corrected chi connectivity index (χ4v) is 2.65. The van der Waals surface area contributed by atoms with Crippen molar-refractivity contribution in [2.75, 3.05) is 24.3 Å². The third-order valence-corrected chi connectivity index (χ3v) is 3.90. The Balaban J connectivity index is 1.59. The van der Waals surface area contributed by atoms with Gasteiger partial charge < -0.3 is 15.4 Å². The molecule has 0 atom stereocenters. The molecule has 134 valence electrons. The minimum absolute atomic E-state index is 0.588. The molecule has 0 aliphatic heterocycles. The fourth-order valence-electron chi connectivity index (χ4n) is 2.65. The molecule has 0 aliphatic carbocycles. The molecule has 0 unspecified atom stereocenters. The van der Waals surface area contributed by atoms with Crippen LogP contribution in [-0.2, 0) is 13.0 Å². The van der Waals surface area contributed by atoms with E-state index in [-0.39, 0.29) is 0 Å². The Morgan fingerprint density at radius 2 is 1.85 bits per heavy atom. The lowest BCUT2D eigenvalue weighted by atomic mass is 10.1. The maximum absolute atomic E-state index is 5.39. The first kappa shape index (κ1) is 17.7. The largest absolute Gasteiger partial charge is 0.496 e. The van der Waals surface area contributed by atoms with Crippen molar-refractivity contribution in [2.45, 2.75) is 19.9 Å². The molecule has 3 aromatic rings. The van der Waals surface area contributed by atoms with E-state index in [0.29, 0.717) is 12.5 Å². The quantitative estimate of drug-likeness (QED) is 0.649. The summed E-state index contributed by atoms with van der Waals surface area (Å²) in [6.07, 6.45) is 2.63. The Morgan fingerprint density at radius 3 is 2.65 bits per heavy atom. The van der Waals surface area contributed by atoms with Crippen LogP contribution in [0, 0.1) is 6.92 Å². The molecule has 6 nitrogen and oxygen atoms in total. The number of benzene rings is 1. The zero-order valence-corrected chi connectivity index (χ0v) is 15.1. The molecule has 1 aromatic carbocycles. The highest BCUT2D eigenvalue weighted by molar-refractivity contribution is 5.43. The minimum atomic E-state index is 0.588. The summed E-state index contributed by atoms with van der Waals surface area (Å²) in [6.45, 7) is 3.31. The molecule has 0 bridgehead atoms. The molecule has 0 spiro atoms. The van der Waals surface area contributed by atoms with Gasteiger partial charge in [-0.25, -0.2) is 4.98 Å². The number of para-hydroxylation sites is 1. The highest BCUT2D eigenvalue weighted by Crippen LogP contribution is 2.18. The second-order valence-corrected chi connectivity index (χ2v) is 5.88. The molecule has 2 aromatic heterocycles. The zero-order chi connectivity index (χ0) is 18.2. The van der Waals surface area contributed by atoms with Crippen LogP contribution < -0.4 is 15.4 Å². The molecular weight excluding hydrogens is 326 g/mol. The number of hydrogen-bond acceptors (Lipinski definition) is 6. The molecule has 6 heteroatoms. The van der Waals surface area contributed by atoms with E-state index in [4.69, 9.17) is 4.74 Å². The van der Waals surface area contributed by atoms with Crippen LogP contribution >= 0.6 is 0 Å². The number of nitrogens with one attached hydrogen (secondary N) is 2. The van der Waals surface area contributed by atoms with E-state index < -0.39 is 0 Å². The maximum Gasteiger partial charge on any atom is 0.225 e. The number of ether oxygens (including phenoxy) is 1. The number of pyridine rings is 1. The van der Waals surface area contributed by atoms with Crippen LogP contribution in [0.2, 0.25) is 0 Å². The predicted molar refractivity (Wildman–Crippen MR) is 104 cm³/mol. The van der Waals surface area contributed by atoms with Gasteiger partial charge in [0, 0.05) is 24.5 Å². The second-order valence-electron chi connectivity index (χ2n) is 5.88. The van der Waals surface area contributed by atoms with E-state index in [0.717, 1.165) is 35.9 Å².